The molecular formula is C19H27FN2O2. The molecule has 3 rings (SSSR count). The molecule has 2 atom stereocenters. The van der Waals surface area contributed by atoms with Crippen molar-refractivity contribution in [2.24, 2.45) is 17.6 Å². The van der Waals surface area contributed by atoms with Gasteiger partial charge < -0.3 is 15.4 Å². The molecule has 5 heteroatoms. The second-order valence-corrected chi connectivity index (χ2v) is 7.07. The summed E-state index contributed by atoms with van der Waals surface area (Å²) in [6.07, 6.45) is 3.98. The molecule has 1 aliphatic carbocycles. The number of ether oxygens (including phenoxy) is 1. The second kappa shape index (κ2) is 7.19. The third-order valence-corrected chi connectivity index (χ3v) is 5.82. The van der Waals surface area contributed by atoms with Crippen LogP contribution in [0.3, 0.4) is 0 Å². The van der Waals surface area contributed by atoms with Gasteiger partial charge in [-0.15, -0.1) is 0 Å². The van der Waals surface area contributed by atoms with Gasteiger partial charge in [-0.05, 0) is 37.0 Å². The summed E-state index contributed by atoms with van der Waals surface area (Å²) in [4.78, 5) is 14.0. The Morgan fingerprint density at radius 3 is 2.67 bits per heavy atom. The van der Waals surface area contributed by atoms with E-state index in [-0.39, 0.29) is 12.3 Å². The van der Waals surface area contributed by atoms with Crippen molar-refractivity contribution in [3.05, 3.63) is 35.4 Å². The molecule has 1 saturated carbocycles. The number of nitrogens with zero attached hydrogens (tertiary/aromatic N) is 1. The smallest absolute Gasteiger partial charge is 0.248 e. The van der Waals surface area contributed by atoms with E-state index in [1.807, 2.05) is 12.1 Å². The highest BCUT2D eigenvalue weighted by atomic mass is 19.1. The standard InChI is InChI=1S/C19H27FN2O2/c1-24-19(15-6-2-5-14(11-15)18(21)23)16-7-3-8-17(19)13-22(12-16)10-4-9-20/h2,5-6,11,16-17H,3-4,7-10,12-13H2,1H3,(H2,21,23). The third-order valence-electron chi connectivity index (χ3n) is 5.82. The van der Waals surface area contributed by atoms with E-state index in [1.165, 1.54) is 6.42 Å². The molecule has 4 nitrogen and oxygen atoms in total. The van der Waals surface area contributed by atoms with E-state index < -0.39 is 5.91 Å². The average Bonchev–Trinajstić information content (AvgIpc) is 2.59. The lowest BCUT2D eigenvalue weighted by atomic mass is 9.62. The Hall–Kier alpha value is -1.46. The van der Waals surface area contributed by atoms with Gasteiger partial charge in [-0.3, -0.25) is 9.18 Å². The van der Waals surface area contributed by atoms with Crippen LogP contribution in [0.1, 0.15) is 41.6 Å². The predicted molar refractivity (Wildman–Crippen MR) is 91.5 cm³/mol. The number of carbonyl (C=O) groups excluding carboxylic acids is 1. The Kier molecular flexibility index (Phi) is 5.21. The molecule has 1 heterocycles. The van der Waals surface area contributed by atoms with Crippen molar-refractivity contribution in [1.29, 1.82) is 0 Å². The fourth-order valence-corrected chi connectivity index (χ4v) is 4.83. The molecule has 2 N–H and O–H groups in total. The number of amides is 1. The lowest BCUT2D eigenvalue weighted by Gasteiger charge is -2.55. The lowest BCUT2D eigenvalue weighted by molar-refractivity contribution is -0.169. The molecule has 0 radical (unpaired) electrons. The highest BCUT2D eigenvalue weighted by molar-refractivity contribution is 5.92. The van der Waals surface area contributed by atoms with Gasteiger partial charge in [0, 0.05) is 44.1 Å². The molecule has 2 fully saturated rings. The second-order valence-electron chi connectivity index (χ2n) is 7.07. The van der Waals surface area contributed by atoms with E-state index in [2.05, 4.69) is 11.0 Å². The van der Waals surface area contributed by atoms with Crippen molar-refractivity contribution < 1.29 is 13.9 Å². The minimum absolute atomic E-state index is 0.262. The van der Waals surface area contributed by atoms with E-state index in [4.69, 9.17) is 10.5 Å². The van der Waals surface area contributed by atoms with Crippen molar-refractivity contribution >= 4 is 5.91 Å². The quantitative estimate of drug-likeness (QED) is 0.870. The number of methoxy groups -OCH3 is 1. The summed E-state index contributed by atoms with van der Waals surface area (Å²) in [5, 5.41) is 0. The first kappa shape index (κ1) is 17.4. The van der Waals surface area contributed by atoms with Crippen LogP contribution in [0, 0.1) is 11.8 Å². The minimum Gasteiger partial charge on any atom is -0.373 e. The van der Waals surface area contributed by atoms with Crippen molar-refractivity contribution in [3.8, 4) is 0 Å². The zero-order valence-corrected chi connectivity index (χ0v) is 14.3. The van der Waals surface area contributed by atoms with Gasteiger partial charge in [-0.1, -0.05) is 18.6 Å². The molecule has 2 bridgehead atoms. The lowest BCUT2D eigenvalue weighted by Crippen LogP contribution is -2.59. The fraction of sp³-hybridized carbons (Fsp3) is 0.632. The molecule has 132 valence electrons. The first-order valence-corrected chi connectivity index (χ1v) is 8.85. The average molecular weight is 334 g/mol. The minimum atomic E-state index is -0.409. The highest BCUT2D eigenvalue weighted by Crippen LogP contribution is 2.51. The molecule has 1 aromatic rings. The number of fused-ring (bicyclic) bond motifs is 2. The summed E-state index contributed by atoms with van der Waals surface area (Å²) in [5.41, 5.74) is 6.69. The number of piperidine rings is 1. The number of alkyl halides is 1. The van der Waals surface area contributed by atoms with E-state index in [0.717, 1.165) is 38.0 Å². The maximum atomic E-state index is 12.5. The summed E-state index contributed by atoms with van der Waals surface area (Å²) in [5.74, 6) is 0.309. The molecule has 24 heavy (non-hydrogen) atoms. The molecule has 0 aromatic heterocycles. The molecule has 1 amide bonds. The van der Waals surface area contributed by atoms with E-state index in [0.29, 0.717) is 23.8 Å². The summed E-state index contributed by atoms with van der Waals surface area (Å²) in [6, 6.07) is 7.59. The van der Waals surface area contributed by atoms with Gasteiger partial charge in [-0.25, -0.2) is 0 Å². The normalized spacial score (nSPS) is 30.2. The Bertz CT molecular complexity index is 578. The van der Waals surface area contributed by atoms with Crippen molar-refractivity contribution in [3.63, 3.8) is 0 Å². The predicted octanol–water partition coefficient (Wildman–Crippen LogP) is 2.72. The van der Waals surface area contributed by atoms with Crippen LogP contribution in [0.4, 0.5) is 4.39 Å². The molecule has 2 unspecified atom stereocenters. The summed E-state index contributed by atoms with van der Waals surface area (Å²) < 4.78 is 18.7. The zero-order valence-electron chi connectivity index (χ0n) is 14.3. The van der Waals surface area contributed by atoms with Crippen LogP contribution < -0.4 is 5.73 Å². The van der Waals surface area contributed by atoms with Gasteiger partial charge in [0.2, 0.25) is 5.91 Å². The topological polar surface area (TPSA) is 55.6 Å². The van der Waals surface area contributed by atoms with Crippen molar-refractivity contribution in [2.75, 3.05) is 33.4 Å². The van der Waals surface area contributed by atoms with Gasteiger partial charge in [0.15, 0.2) is 0 Å². The van der Waals surface area contributed by atoms with Crippen LogP contribution in [-0.2, 0) is 10.3 Å². The van der Waals surface area contributed by atoms with Crippen LogP contribution in [0.25, 0.3) is 0 Å². The third kappa shape index (κ3) is 2.95. The van der Waals surface area contributed by atoms with E-state index in [1.54, 1.807) is 13.2 Å². The van der Waals surface area contributed by atoms with Gasteiger partial charge in [0.25, 0.3) is 0 Å². The van der Waals surface area contributed by atoms with Gasteiger partial charge in [0.05, 0.1) is 6.67 Å². The summed E-state index contributed by atoms with van der Waals surface area (Å²) in [6.45, 7) is 2.39. The molecule has 2 aliphatic rings. The number of hydrogen-bond acceptors (Lipinski definition) is 3. The van der Waals surface area contributed by atoms with Crippen molar-refractivity contribution in [2.45, 2.75) is 31.3 Å². The first-order chi connectivity index (χ1) is 11.6. The van der Waals surface area contributed by atoms with Crippen LogP contribution in [-0.4, -0.2) is 44.2 Å². The number of nitrogens with two attached hydrogens (primary N) is 1. The Morgan fingerprint density at radius 1 is 1.38 bits per heavy atom. The summed E-state index contributed by atoms with van der Waals surface area (Å²) in [7, 11) is 1.78. The number of halogens is 1. The van der Waals surface area contributed by atoms with Crippen LogP contribution in [0.5, 0.6) is 0 Å². The Labute approximate surface area is 143 Å². The molecule has 1 saturated heterocycles. The fourth-order valence-electron chi connectivity index (χ4n) is 4.83. The maximum absolute atomic E-state index is 12.5. The van der Waals surface area contributed by atoms with Gasteiger partial charge >= 0.3 is 0 Å². The van der Waals surface area contributed by atoms with Crippen LogP contribution in [0.15, 0.2) is 24.3 Å². The number of primary amides is 1. The largest absolute Gasteiger partial charge is 0.373 e. The first-order valence-electron chi connectivity index (χ1n) is 8.85. The monoisotopic (exact) mass is 334 g/mol. The zero-order chi connectivity index (χ0) is 17.2. The number of rotatable bonds is 6. The van der Waals surface area contributed by atoms with Crippen LogP contribution >= 0.6 is 0 Å². The van der Waals surface area contributed by atoms with Crippen LogP contribution in [0.2, 0.25) is 0 Å². The number of likely N-dealkylation sites (tertiary alicyclic amines) is 1. The Morgan fingerprint density at radius 2 is 2.08 bits per heavy atom. The van der Waals surface area contributed by atoms with Crippen molar-refractivity contribution in [1.82, 2.24) is 4.90 Å². The number of carbonyl (C=O) groups is 1. The maximum Gasteiger partial charge on any atom is 0.248 e. The molecule has 1 aromatic carbocycles. The molecule has 0 spiro atoms. The number of hydrogen-bond donors (Lipinski definition) is 1. The van der Waals surface area contributed by atoms with Gasteiger partial charge in [-0.2, -0.15) is 0 Å². The molecular weight excluding hydrogens is 307 g/mol. The molecule has 1 aliphatic heterocycles. The highest BCUT2D eigenvalue weighted by Gasteiger charge is 2.53. The SMILES string of the molecule is COC1(c2cccc(C(N)=O)c2)C2CCCC1CN(CCCF)C2. The summed E-state index contributed by atoms with van der Waals surface area (Å²) >= 11 is 0. The van der Waals surface area contributed by atoms with E-state index in [9.17, 15) is 9.18 Å². The number of benzene rings is 1. The van der Waals surface area contributed by atoms with E-state index >= 15 is 0 Å². The Balaban J connectivity index is 1.94. The van der Waals surface area contributed by atoms with Gasteiger partial charge in [0.1, 0.15) is 5.60 Å².